The minimum Gasteiger partial charge on any atom is -0.508 e. The number of rotatable bonds is 4. The van der Waals surface area contributed by atoms with Gasteiger partial charge in [-0.25, -0.2) is 14.5 Å². The highest BCUT2D eigenvalue weighted by atomic mass is 35.5. The molecule has 0 saturated heterocycles. The molecule has 8 nitrogen and oxygen atoms in total. The summed E-state index contributed by atoms with van der Waals surface area (Å²) in [6.07, 6.45) is 1.57. The Morgan fingerprint density at radius 2 is 1.77 bits per heavy atom. The first-order chi connectivity index (χ1) is 17.1. The molecule has 2 aromatic heterocycles. The van der Waals surface area contributed by atoms with E-state index in [1.165, 1.54) is 0 Å². The third-order valence-corrected chi connectivity index (χ3v) is 6.29. The zero-order chi connectivity index (χ0) is 24.1. The molecule has 0 radical (unpaired) electrons. The van der Waals surface area contributed by atoms with Crippen molar-refractivity contribution in [3.8, 4) is 40.3 Å². The summed E-state index contributed by atoms with van der Waals surface area (Å²) in [5.74, 6) is 2.47. The number of aromatic nitrogens is 4. The van der Waals surface area contributed by atoms with Crippen LogP contribution in [0.1, 0.15) is 22.6 Å². The Morgan fingerprint density at radius 3 is 2.54 bits per heavy atom. The maximum absolute atomic E-state index is 10.1. The largest absolute Gasteiger partial charge is 0.508 e. The molecule has 1 aliphatic heterocycles. The summed E-state index contributed by atoms with van der Waals surface area (Å²) >= 11 is 6.06. The monoisotopic (exact) mass is 486 g/mol. The molecule has 0 aliphatic carbocycles. The first-order valence-electron chi connectivity index (χ1n) is 10.8. The Kier molecular flexibility index (Phi) is 4.96. The van der Waals surface area contributed by atoms with Crippen LogP contribution in [0.3, 0.4) is 0 Å². The van der Waals surface area contributed by atoms with E-state index in [9.17, 15) is 5.11 Å². The highest BCUT2D eigenvalue weighted by Gasteiger charge is 2.34. The molecule has 0 fully saturated rings. The number of hydrogen-bond acceptors (Lipinski definition) is 7. The van der Waals surface area contributed by atoms with Gasteiger partial charge in [0.15, 0.2) is 23.0 Å². The molecule has 35 heavy (non-hydrogen) atoms. The highest BCUT2D eigenvalue weighted by molar-refractivity contribution is 6.30. The van der Waals surface area contributed by atoms with Gasteiger partial charge in [0.1, 0.15) is 17.8 Å². The summed E-state index contributed by atoms with van der Waals surface area (Å²) in [5, 5.41) is 15.4. The van der Waals surface area contributed by atoms with Crippen LogP contribution in [0.4, 0.5) is 0 Å². The summed E-state index contributed by atoms with van der Waals surface area (Å²) in [5.41, 5.74) is 3.97. The SMILES string of the molecule is COc1ccc([C@H]2c3ccc(O)cc3Oc3ncn4nc(-c5ccc(Cl)cc5)nc4c32)cc1OC. The van der Waals surface area contributed by atoms with Gasteiger partial charge in [0, 0.05) is 28.1 Å². The molecule has 6 rings (SSSR count). The van der Waals surface area contributed by atoms with Crippen LogP contribution in [0.15, 0.2) is 67.0 Å². The Bertz CT molecular complexity index is 1580. The van der Waals surface area contributed by atoms with Crippen LogP contribution in [0, 0.1) is 0 Å². The van der Waals surface area contributed by atoms with Gasteiger partial charge in [-0.05, 0) is 48.0 Å². The number of phenols is 1. The summed E-state index contributed by atoms with van der Waals surface area (Å²) < 4.78 is 18.8. The van der Waals surface area contributed by atoms with Crippen LogP contribution < -0.4 is 14.2 Å². The van der Waals surface area contributed by atoms with E-state index in [1.807, 2.05) is 36.4 Å². The van der Waals surface area contributed by atoms with Crippen molar-refractivity contribution in [3.05, 3.63) is 88.7 Å². The quantitative estimate of drug-likeness (QED) is 0.354. The lowest BCUT2D eigenvalue weighted by Gasteiger charge is -2.28. The standard InChI is InChI=1S/C26H19ClN4O4/c1-33-19-10-5-15(11-21(19)34-2)22-18-9-8-17(32)12-20(18)35-26-23(22)25-29-24(30-31(25)13-28-26)14-3-6-16(27)7-4-14/h3-13,22,32H,1-2H3/t22-/m0/s1. The van der Waals surface area contributed by atoms with Crippen LogP contribution in [0.5, 0.6) is 28.9 Å². The molecule has 5 aromatic rings. The molecule has 1 atom stereocenters. The van der Waals surface area contributed by atoms with Crippen molar-refractivity contribution >= 4 is 17.2 Å². The fraction of sp³-hybridized carbons (Fsp3) is 0.115. The highest BCUT2D eigenvalue weighted by Crippen LogP contribution is 2.49. The summed E-state index contributed by atoms with van der Waals surface area (Å²) in [7, 11) is 3.20. The van der Waals surface area contributed by atoms with Crippen molar-refractivity contribution in [2.24, 2.45) is 0 Å². The van der Waals surface area contributed by atoms with Gasteiger partial charge < -0.3 is 19.3 Å². The van der Waals surface area contributed by atoms with E-state index in [0.29, 0.717) is 39.6 Å². The molecule has 0 saturated carbocycles. The molecule has 1 aliphatic rings. The summed E-state index contributed by atoms with van der Waals surface area (Å²) in [4.78, 5) is 9.38. The molecular formula is C26H19ClN4O4. The Labute approximate surface area is 205 Å². The molecule has 1 N–H and O–H groups in total. The second-order valence-corrected chi connectivity index (χ2v) is 8.48. The van der Waals surface area contributed by atoms with E-state index in [0.717, 1.165) is 22.3 Å². The van der Waals surface area contributed by atoms with Gasteiger partial charge in [-0.2, -0.15) is 0 Å². The zero-order valence-corrected chi connectivity index (χ0v) is 19.5. The molecule has 0 amide bonds. The minimum atomic E-state index is -0.312. The molecule has 3 aromatic carbocycles. The van der Waals surface area contributed by atoms with Crippen molar-refractivity contribution in [1.82, 2.24) is 19.6 Å². The lowest BCUT2D eigenvalue weighted by molar-refractivity contribution is 0.354. The van der Waals surface area contributed by atoms with Gasteiger partial charge in [-0.1, -0.05) is 23.7 Å². The van der Waals surface area contributed by atoms with Gasteiger partial charge >= 0.3 is 0 Å². The number of aromatic hydroxyl groups is 1. The first-order valence-corrected chi connectivity index (χ1v) is 11.2. The van der Waals surface area contributed by atoms with Gasteiger partial charge in [0.25, 0.3) is 0 Å². The lowest BCUT2D eigenvalue weighted by atomic mass is 9.83. The second-order valence-electron chi connectivity index (χ2n) is 8.05. The maximum Gasteiger partial charge on any atom is 0.228 e. The third kappa shape index (κ3) is 3.50. The van der Waals surface area contributed by atoms with E-state index >= 15 is 0 Å². The maximum atomic E-state index is 10.1. The zero-order valence-electron chi connectivity index (χ0n) is 18.8. The van der Waals surface area contributed by atoms with Crippen molar-refractivity contribution in [1.29, 1.82) is 0 Å². The van der Waals surface area contributed by atoms with E-state index in [-0.39, 0.29) is 11.7 Å². The molecular weight excluding hydrogens is 468 g/mol. The number of nitrogens with zero attached hydrogens (tertiary/aromatic N) is 4. The molecule has 174 valence electrons. The number of benzene rings is 3. The normalized spacial score (nSPS) is 14.2. The second kappa shape index (κ2) is 8.18. The molecule has 0 spiro atoms. The average molecular weight is 487 g/mol. The molecule has 3 heterocycles. The summed E-state index contributed by atoms with van der Waals surface area (Å²) in [6.45, 7) is 0. The van der Waals surface area contributed by atoms with Crippen LogP contribution in [0.2, 0.25) is 5.02 Å². The van der Waals surface area contributed by atoms with Crippen LogP contribution in [0.25, 0.3) is 17.0 Å². The van der Waals surface area contributed by atoms with Crippen molar-refractivity contribution in [2.75, 3.05) is 14.2 Å². The lowest BCUT2D eigenvalue weighted by Crippen LogP contribution is -2.15. The van der Waals surface area contributed by atoms with Crippen LogP contribution >= 0.6 is 11.6 Å². The van der Waals surface area contributed by atoms with Crippen molar-refractivity contribution < 1.29 is 19.3 Å². The van der Waals surface area contributed by atoms with Crippen molar-refractivity contribution in [2.45, 2.75) is 5.92 Å². The van der Waals surface area contributed by atoms with Gasteiger partial charge in [-0.15, -0.1) is 5.10 Å². The third-order valence-electron chi connectivity index (χ3n) is 6.03. The predicted octanol–water partition coefficient (Wildman–Crippen LogP) is 5.45. The van der Waals surface area contributed by atoms with E-state index in [1.54, 1.807) is 49.3 Å². The van der Waals surface area contributed by atoms with Gasteiger partial charge in [-0.3, -0.25) is 0 Å². The van der Waals surface area contributed by atoms with Gasteiger partial charge in [0.2, 0.25) is 5.88 Å². The Morgan fingerprint density at radius 1 is 0.971 bits per heavy atom. The Hall–Kier alpha value is -4.30. The number of fused-ring (bicyclic) bond motifs is 4. The van der Waals surface area contributed by atoms with E-state index in [2.05, 4.69) is 10.1 Å². The fourth-order valence-corrected chi connectivity index (χ4v) is 4.53. The first kappa shape index (κ1) is 21.2. The van der Waals surface area contributed by atoms with Crippen molar-refractivity contribution in [3.63, 3.8) is 0 Å². The number of methoxy groups -OCH3 is 2. The summed E-state index contributed by atoms with van der Waals surface area (Å²) in [6, 6.07) is 18.2. The predicted molar refractivity (Wildman–Crippen MR) is 130 cm³/mol. The van der Waals surface area contributed by atoms with E-state index in [4.69, 9.17) is 30.8 Å². The van der Waals surface area contributed by atoms with Crippen LogP contribution in [-0.2, 0) is 0 Å². The minimum absolute atomic E-state index is 0.104. The molecule has 0 unspecified atom stereocenters. The Balaban J connectivity index is 1.60. The van der Waals surface area contributed by atoms with E-state index < -0.39 is 0 Å². The molecule has 0 bridgehead atoms. The smallest absolute Gasteiger partial charge is 0.228 e. The molecule has 9 heteroatoms. The number of hydrogen-bond donors (Lipinski definition) is 1. The fourth-order valence-electron chi connectivity index (χ4n) is 4.40. The number of phenolic OH excluding ortho intramolecular Hbond substituents is 1. The van der Waals surface area contributed by atoms with Crippen LogP contribution in [-0.4, -0.2) is 38.9 Å². The topological polar surface area (TPSA) is 91.0 Å². The average Bonchev–Trinajstić information content (AvgIpc) is 3.32. The van der Waals surface area contributed by atoms with Gasteiger partial charge in [0.05, 0.1) is 19.8 Å². The number of halogens is 1. The number of ether oxygens (including phenoxy) is 3.